The summed E-state index contributed by atoms with van der Waals surface area (Å²) in [7, 11) is 1.81. The van der Waals surface area contributed by atoms with Gasteiger partial charge >= 0.3 is 0 Å². The number of imidazole rings is 1. The van der Waals surface area contributed by atoms with Crippen molar-refractivity contribution in [2.45, 2.75) is 39.5 Å². The van der Waals surface area contributed by atoms with Gasteiger partial charge in [0.1, 0.15) is 17.7 Å². The molecule has 1 atom stereocenters. The van der Waals surface area contributed by atoms with Crippen LogP contribution in [0.3, 0.4) is 0 Å². The summed E-state index contributed by atoms with van der Waals surface area (Å²) in [6.45, 7) is 5.46. The molecule has 0 saturated heterocycles. The van der Waals surface area contributed by atoms with Crippen LogP contribution in [-0.4, -0.2) is 33.5 Å². The number of hydrogen-bond acceptors (Lipinski definition) is 3. The summed E-state index contributed by atoms with van der Waals surface area (Å²) in [6, 6.07) is 5.68. The molecule has 1 unspecified atom stereocenters. The first-order chi connectivity index (χ1) is 10.6. The van der Waals surface area contributed by atoms with Crippen LogP contribution in [0, 0.1) is 0 Å². The SMILES string of the molecule is CCn1ccnc1CN(C)C(=O)c1ccc2c(c1)CC(C)O2. The van der Waals surface area contributed by atoms with E-state index in [-0.39, 0.29) is 12.0 Å². The molecule has 0 bridgehead atoms. The van der Waals surface area contributed by atoms with Crippen molar-refractivity contribution >= 4 is 5.91 Å². The number of nitrogens with zero attached hydrogens (tertiary/aromatic N) is 3. The van der Waals surface area contributed by atoms with E-state index in [0.717, 1.165) is 30.1 Å². The van der Waals surface area contributed by atoms with E-state index in [1.54, 1.807) is 11.1 Å². The lowest BCUT2D eigenvalue weighted by molar-refractivity contribution is 0.0780. The Labute approximate surface area is 130 Å². The highest BCUT2D eigenvalue weighted by Crippen LogP contribution is 2.29. The van der Waals surface area contributed by atoms with Gasteiger partial charge < -0.3 is 14.2 Å². The van der Waals surface area contributed by atoms with E-state index in [0.29, 0.717) is 12.1 Å². The van der Waals surface area contributed by atoms with Gasteiger partial charge in [-0.05, 0) is 37.6 Å². The van der Waals surface area contributed by atoms with Crippen LogP contribution < -0.4 is 4.74 Å². The van der Waals surface area contributed by atoms with Gasteiger partial charge in [0.25, 0.3) is 5.91 Å². The van der Waals surface area contributed by atoms with Gasteiger partial charge in [0, 0.05) is 38.0 Å². The number of rotatable bonds is 4. The maximum Gasteiger partial charge on any atom is 0.254 e. The second-order valence-corrected chi connectivity index (χ2v) is 5.75. The van der Waals surface area contributed by atoms with Crippen molar-refractivity contribution in [3.05, 3.63) is 47.5 Å². The summed E-state index contributed by atoms with van der Waals surface area (Å²) in [5.74, 6) is 1.80. The van der Waals surface area contributed by atoms with E-state index in [9.17, 15) is 4.79 Å². The number of carbonyl (C=O) groups is 1. The number of fused-ring (bicyclic) bond motifs is 1. The maximum absolute atomic E-state index is 12.6. The number of hydrogen-bond donors (Lipinski definition) is 0. The van der Waals surface area contributed by atoms with Crippen molar-refractivity contribution in [3.63, 3.8) is 0 Å². The van der Waals surface area contributed by atoms with Crippen molar-refractivity contribution in [1.82, 2.24) is 14.5 Å². The molecule has 2 heterocycles. The summed E-state index contributed by atoms with van der Waals surface area (Å²) in [5, 5.41) is 0. The van der Waals surface area contributed by atoms with E-state index >= 15 is 0 Å². The monoisotopic (exact) mass is 299 g/mol. The maximum atomic E-state index is 12.6. The number of ether oxygens (including phenoxy) is 1. The van der Waals surface area contributed by atoms with Gasteiger partial charge in [0.2, 0.25) is 0 Å². The van der Waals surface area contributed by atoms with Gasteiger partial charge in [-0.2, -0.15) is 0 Å². The molecule has 0 fully saturated rings. The van der Waals surface area contributed by atoms with Gasteiger partial charge in [-0.3, -0.25) is 4.79 Å². The van der Waals surface area contributed by atoms with E-state index in [2.05, 4.69) is 11.9 Å². The minimum atomic E-state index is 0.00741. The lowest BCUT2D eigenvalue weighted by Crippen LogP contribution is -2.27. The minimum Gasteiger partial charge on any atom is -0.490 e. The summed E-state index contributed by atoms with van der Waals surface area (Å²) in [5.41, 5.74) is 1.82. The van der Waals surface area contributed by atoms with Gasteiger partial charge in [0.05, 0.1) is 6.54 Å². The number of carbonyl (C=O) groups excluding carboxylic acids is 1. The van der Waals surface area contributed by atoms with Crippen LogP contribution >= 0.6 is 0 Å². The second kappa shape index (κ2) is 5.83. The quantitative estimate of drug-likeness (QED) is 0.871. The molecular formula is C17H21N3O2. The molecule has 116 valence electrons. The Morgan fingerprint density at radius 1 is 1.50 bits per heavy atom. The Hall–Kier alpha value is -2.30. The first kappa shape index (κ1) is 14.6. The number of aryl methyl sites for hydroxylation is 1. The Balaban J connectivity index is 1.75. The molecule has 22 heavy (non-hydrogen) atoms. The molecule has 3 rings (SSSR count). The van der Waals surface area contributed by atoms with E-state index in [1.807, 2.05) is 42.9 Å². The summed E-state index contributed by atoms with van der Waals surface area (Å²) >= 11 is 0. The molecule has 0 radical (unpaired) electrons. The first-order valence-corrected chi connectivity index (χ1v) is 7.63. The standard InChI is InChI=1S/C17H21N3O2/c1-4-20-8-7-18-16(20)11-19(3)17(21)13-5-6-15-14(10-13)9-12(2)22-15/h5-8,10,12H,4,9,11H2,1-3H3. The van der Waals surface area contributed by atoms with Crippen molar-refractivity contribution in [2.24, 2.45) is 0 Å². The smallest absolute Gasteiger partial charge is 0.254 e. The Morgan fingerprint density at radius 3 is 3.09 bits per heavy atom. The summed E-state index contributed by atoms with van der Waals surface area (Å²) in [6.07, 6.45) is 4.75. The van der Waals surface area contributed by atoms with Crippen molar-refractivity contribution in [1.29, 1.82) is 0 Å². The average molecular weight is 299 g/mol. The fourth-order valence-electron chi connectivity index (χ4n) is 2.84. The Kier molecular flexibility index (Phi) is 3.88. The molecule has 0 saturated carbocycles. The molecule has 5 heteroatoms. The van der Waals surface area contributed by atoms with Gasteiger partial charge in [0.15, 0.2) is 0 Å². The molecule has 0 spiro atoms. The molecule has 0 aliphatic carbocycles. The molecule has 2 aromatic rings. The molecule has 1 aromatic heterocycles. The van der Waals surface area contributed by atoms with Crippen molar-refractivity contribution < 1.29 is 9.53 Å². The Bertz CT molecular complexity index is 693. The zero-order valence-electron chi connectivity index (χ0n) is 13.2. The molecule has 0 N–H and O–H groups in total. The Morgan fingerprint density at radius 2 is 2.32 bits per heavy atom. The third kappa shape index (κ3) is 2.71. The molecular weight excluding hydrogens is 278 g/mol. The molecule has 5 nitrogen and oxygen atoms in total. The highest BCUT2D eigenvalue weighted by Gasteiger charge is 2.21. The van der Waals surface area contributed by atoms with Gasteiger partial charge in [-0.15, -0.1) is 0 Å². The molecule has 1 aromatic carbocycles. The molecule has 1 aliphatic rings. The zero-order chi connectivity index (χ0) is 15.7. The predicted octanol–water partition coefficient (Wildman–Crippen LogP) is 2.50. The average Bonchev–Trinajstić information content (AvgIpc) is 3.10. The zero-order valence-corrected chi connectivity index (χ0v) is 13.2. The van der Waals surface area contributed by atoms with Crippen LogP contribution in [0.5, 0.6) is 5.75 Å². The highest BCUT2D eigenvalue weighted by atomic mass is 16.5. The van der Waals surface area contributed by atoms with Crippen molar-refractivity contribution in [2.75, 3.05) is 7.05 Å². The van der Waals surface area contributed by atoms with Crippen LogP contribution in [0.1, 0.15) is 35.6 Å². The first-order valence-electron chi connectivity index (χ1n) is 7.63. The van der Waals surface area contributed by atoms with Crippen LogP contribution in [-0.2, 0) is 19.5 Å². The molecule has 1 aliphatic heterocycles. The number of aromatic nitrogens is 2. The number of amides is 1. The summed E-state index contributed by atoms with van der Waals surface area (Å²) < 4.78 is 7.72. The van der Waals surface area contributed by atoms with Crippen LogP contribution in [0.15, 0.2) is 30.6 Å². The van der Waals surface area contributed by atoms with E-state index in [4.69, 9.17) is 4.74 Å². The van der Waals surface area contributed by atoms with E-state index in [1.165, 1.54) is 0 Å². The summed E-state index contributed by atoms with van der Waals surface area (Å²) in [4.78, 5) is 18.6. The normalized spacial score (nSPS) is 16.2. The second-order valence-electron chi connectivity index (χ2n) is 5.75. The third-order valence-electron chi connectivity index (χ3n) is 4.01. The fourth-order valence-corrected chi connectivity index (χ4v) is 2.84. The highest BCUT2D eigenvalue weighted by molar-refractivity contribution is 5.94. The minimum absolute atomic E-state index is 0.00741. The van der Waals surface area contributed by atoms with Crippen LogP contribution in [0.25, 0.3) is 0 Å². The van der Waals surface area contributed by atoms with Crippen LogP contribution in [0.2, 0.25) is 0 Å². The lowest BCUT2D eigenvalue weighted by atomic mass is 10.1. The third-order valence-corrected chi connectivity index (χ3v) is 4.01. The largest absolute Gasteiger partial charge is 0.490 e. The number of benzene rings is 1. The van der Waals surface area contributed by atoms with E-state index < -0.39 is 0 Å². The molecule has 1 amide bonds. The van der Waals surface area contributed by atoms with Crippen molar-refractivity contribution in [3.8, 4) is 5.75 Å². The topological polar surface area (TPSA) is 47.4 Å². The van der Waals surface area contributed by atoms with Crippen LogP contribution in [0.4, 0.5) is 0 Å². The van der Waals surface area contributed by atoms with Gasteiger partial charge in [-0.25, -0.2) is 4.98 Å². The predicted molar refractivity (Wildman–Crippen MR) is 83.9 cm³/mol. The lowest BCUT2D eigenvalue weighted by Gasteiger charge is -2.18. The van der Waals surface area contributed by atoms with Gasteiger partial charge in [-0.1, -0.05) is 0 Å². The fraction of sp³-hybridized carbons (Fsp3) is 0.412.